The molecule has 13 aromatic rings. The third kappa shape index (κ3) is 8.44. The molecule has 6 heteroatoms. The van der Waals surface area contributed by atoms with Gasteiger partial charge in [0.15, 0.2) is 16.9 Å². The third-order valence-electron chi connectivity index (χ3n) is 13.3. The van der Waals surface area contributed by atoms with E-state index in [1.807, 2.05) is 54.6 Å². The summed E-state index contributed by atoms with van der Waals surface area (Å²) >= 11 is 0. The minimum atomic E-state index is 0.725. The van der Waals surface area contributed by atoms with Crippen LogP contribution in [0.4, 0.5) is 0 Å². The number of benzene rings is 7. The van der Waals surface area contributed by atoms with Crippen molar-refractivity contribution in [2.75, 3.05) is 0 Å². The molecule has 0 aliphatic heterocycles. The van der Waals surface area contributed by atoms with Gasteiger partial charge in [0.1, 0.15) is 0 Å². The van der Waals surface area contributed by atoms with Gasteiger partial charge in [-0.25, -0.2) is 29.9 Å². The van der Waals surface area contributed by atoms with E-state index in [9.17, 15) is 0 Å². The molecule has 6 heterocycles. The molecule has 0 saturated heterocycles. The highest BCUT2D eigenvalue weighted by molar-refractivity contribution is 5.87. The van der Waals surface area contributed by atoms with E-state index in [4.69, 9.17) is 29.9 Å². The molecule has 0 radical (unpaired) electrons. The van der Waals surface area contributed by atoms with Gasteiger partial charge in [0.25, 0.3) is 0 Å². The van der Waals surface area contributed by atoms with Crippen molar-refractivity contribution in [3.8, 4) is 101 Å². The molecule has 6 aromatic heterocycles. The van der Waals surface area contributed by atoms with Crippen molar-refractivity contribution in [3.63, 3.8) is 0 Å². The van der Waals surface area contributed by atoms with Crippen LogP contribution >= 0.6 is 0 Å². The fraction of sp³-hybridized carbons (Fsp3) is 0. The topological polar surface area (TPSA) is 77.3 Å². The summed E-state index contributed by atoms with van der Waals surface area (Å²) in [4.78, 5) is 29.9. The van der Waals surface area contributed by atoms with Crippen molar-refractivity contribution in [2.24, 2.45) is 0 Å². The Hall–Kier alpha value is -9.78. The summed E-state index contributed by atoms with van der Waals surface area (Å²) in [5.74, 6) is 0. The van der Waals surface area contributed by atoms with Crippen LogP contribution in [0, 0.1) is 0 Å². The summed E-state index contributed by atoms with van der Waals surface area (Å²) in [5, 5.41) is 3.02. The molecule has 0 aliphatic carbocycles. The quantitative estimate of drug-likeness (QED) is 0.144. The molecule has 0 amide bonds. The van der Waals surface area contributed by atoms with E-state index in [0.717, 1.165) is 134 Å². The van der Waals surface area contributed by atoms with Gasteiger partial charge in [-0.15, -0.1) is 0 Å². The van der Waals surface area contributed by atoms with E-state index in [-0.39, 0.29) is 0 Å². The van der Waals surface area contributed by atoms with Crippen LogP contribution in [0.5, 0.6) is 0 Å². The summed E-state index contributed by atoms with van der Waals surface area (Å²) < 4.78 is 0. The van der Waals surface area contributed by atoms with Gasteiger partial charge in [0.05, 0.1) is 34.2 Å². The first-order valence-electron chi connectivity index (χ1n) is 24.1. The summed E-state index contributed by atoms with van der Waals surface area (Å²) in [6, 6.07) is 88.6. The average molecular weight is 919 g/mol. The molecule has 0 unspecified atom stereocenters. The van der Waals surface area contributed by atoms with Crippen LogP contribution < -0.4 is 0 Å². The lowest BCUT2D eigenvalue weighted by Gasteiger charge is -2.13. The second kappa shape index (κ2) is 18.3. The Morgan fingerprint density at radius 2 is 0.347 bits per heavy atom. The highest BCUT2D eigenvalue weighted by Crippen LogP contribution is 2.36. The first-order chi connectivity index (χ1) is 35.6. The second-order valence-electron chi connectivity index (χ2n) is 17.9. The Morgan fingerprint density at radius 3 is 0.569 bits per heavy atom. The van der Waals surface area contributed by atoms with Crippen LogP contribution in [0.1, 0.15) is 0 Å². The van der Waals surface area contributed by atoms with E-state index < -0.39 is 0 Å². The zero-order chi connectivity index (χ0) is 47.8. The summed E-state index contributed by atoms with van der Waals surface area (Å²) in [7, 11) is 0. The number of aromatic nitrogens is 6. The Morgan fingerprint density at radius 1 is 0.153 bits per heavy atom. The predicted octanol–water partition coefficient (Wildman–Crippen LogP) is 16.5. The average Bonchev–Trinajstić information content (AvgIpc) is 3.47. The van der Waals surface area contributed by atoms with Crippen LogP contribution in [-0.2, 0) is 0 Å². The molecule has 0 spiro atoms. The van der Waals surface area contributed by atoms with Gasteiger partial charge in [-0.2, -0.15) is 0 Å². The smallest absolute Gasteiger partial charge is 0.160 e. The Bertz CT molecular complexity index is 3660. The number of hydrogen-bond acceptors (Lipinski definition) is 6. The van der Waals surface area contributed by atoms with Crippen molar-refractivity contribution in [2.45, 2.75) is 0 Å². The molecule has 0 N–H and O–H groups in total. The minimum absolute atomic E-state index is 0.725. The monoisotopic (exact) mass is 918 g/mol. The molecule has 0 bridgehead atoms. The molecular weight excluding hydrogens is 877 g/mol. The predicted molar refractivity (Wildman–Crippen MR) is 295 cm³/mol. The molecular formula is C66H42N6. The molecule has 0 atom stereocenters. The van der Waals surface area contributed by atoms with Crippen LogP contribution in [-0.4, -0.2) is 29.9 Å². The van der Waals surface area contributed by atoms with Gasteiger partial charge >= 0.3 is 0 Å². The number of hydrogen-bond donors (Lipinski definition) is 0. The number of rotatable bonds is 9. The van der Waals surface area contributed by atoms with Gasteiger partial charge in [0, 0.05) is 49.5 Å². The maximum absolute atomic E-state index is 5.03. The number of fused-ring (bicyclic) bond motifs is 3. The maximum Gasteiger partial charge on any atom is 0.160 e. The second-order valence-corrected chi connectivity index (χ2v) is 17.9. The first kappa shape index (κ1) is 42.3. The number of nitrogens with zero attached hydrogens (tertiary/aromatic N) is 6. The molecule has 0 aliphatic rings. The molecule has 0 saturated carbocycles. The Kier molecular flexibility index (Phi) is 10.7. The van der Waals surface area contributed by atoms with Crippen molar-refractivity contribution >= 4 is 33.1 Å². The molecule has 7 aromatic carbocycles. The summed E-state index contributed by atoms with van der Waals surface area (Å²) in [6.07, 6.45) is 0. The van der Waals surface area contributed by atoms with E-state index in [0.29, 0.717) is 0 Å². The van der Waals surface area contributed by atoms with Gasteiger partial charge in [-0.3, -0.25) is 0 Å². The van der Waals surface area contributed by atoms with E-state index in [1.54, 1.807) is 0 Å². The van der Waals surface area contributed by atoms with Crippen molar-refractivity contribution in [1.29, 1.82) is 0 Å². The lowest BCUT2D eigenvalue weighted by atomic mass is 9.92. The molecule has 72 heavy (non-hydrogen) atoms. The van der Waals surface area contributed by atoms with Gasteiger partial charge < -0.3 is 0 Å². The van der Waals surface area contributed by atoms with Crippen molar-refractivity contribution in [1.82, 2.24) is 29.9 Å². The zero-order valence-corrected chi connectivity index (χ0v) is 38.9. The normalized spacial score (nSPS) is 11.3. The minimum Gasteiger partial charge on any atom is -0.228 e. The van der Waals surface area contributed by atoms with Crippen molar-refractivity contribution in [3.05, 3.63) is 255 Å². The standard InChI is InChI=1S/C66H42N6/c1-4-10-46(11-5-1)58-34-28-52-31-37-61(70-64(52)67-58)49-22-16-43(17-23-49)55-40-56(44-18-24-50(25-19-44)62-38-32-53-29-35-59(68-65(53)71-62)47-12-6-2-7-13-47)42-57(41-55)45-20-26-51(27-21-45)63-39-33-54-30-36-60(69-66(54)72-63)48-14-8-3-9-15-48/h1-42H. The van der Waals surface area contributed by atoms with Crippen LogP contribution in [0.15, 0.2) is 255 Å². The summed E-state index contributed by atoms with van der Waals surface area (Å²) in [5.41, 5.74) is 20.4. The van der Waals surface area contributed by atoms with E-state index in [2.05, 4.69) is 200 Å². The van der Waals surface area contributed by atoms with Gasteiger partial charge in [-0.1, -0.05) is 164 Å². The summed E-state index contributed by atoms with van der Waals surface area (Å²) in [6.45, 7) is 0. The maximum atomic E-state index is 5.03. The molecule has 336 valence electrons. The fourth-order valence-electron chi connectivity index (χ4n) is 9.42. The fourth-order valence-corrected chi connectivity index (χ4v) is 9.42. The van der Waals surface area contributed by atoms with E-state index >= 15 is 0 Å². The van der Waals surface area contributed by atoms with Gasteiger partial charge in [-0.05, 0) is 124 Å². The number of pyridine rings is 6. The molecule has 13 rings (SSSR count). The zero-order valence-electron chi connectivity index (χ0n) is 38.9. The van der Waals surface area contributed by atoms with Crippen LogP contribution in [0.25, 0.3) is 134 Å². The van der Waals surface area contributed by atoms with Crippen LogP contribution in [0.2, 0.25) is 0 Å². The van der Waals surface area contributed by atoms with Crippen LogP contribution in [0.3, 0.4) is 0 Å². The molecule has 0 fully saturated rings. The van der Waals surface area contributed by atoms with Crippen molar-refractivity contribution < 1.29 is 0 Å². The van der Waals surface area contributed by atoms with Gasteiger partial charge in [0.2, 0.25) is 0 Å². The first-order valence-corrected chi connectivity index (χ1v) is 24.1. The highest BCUT2D eigenvalue weighted by Gasteiger charge is 2.13. The highest BCUT2D eigenvalue weighted by atomic mass is 14.9. The Balaban J connectivity index is 0.842. The lowest BCUT2D eigenvalue weighted by molar-refractivity contribution is 1.29. The van der Waals surface area contributed by atoms with E-state index in [1.165, 1.54) is 0 Å². The third-order valence-corrected chi connectivity index (χ3v) is 13.3. The SMILES string of the molecule is c1ccc(-c2ccc3ccc(-c4ccc(-c5cc(-c6ccc(-c7ccc8ccc(-c9ccccc9)nc8n7)cc6)cc(-c6ccc(-c7ccc8ccc(-c9ccccc9)nc8n7)cc6)c5)cc4)nc3n2)cc1. The lowest BCUT2D eigenvalue weighted by Crippen LogP contribution is -1.92. The Labute approximate surface area is 416 Å². The largest absolute Gasteiger partial charge is 0.228 e. The molecule has 6 nitrogen and oxygen atoms in total.